The highest BCUT2D eigenvalue weighted by atomic mass is 35.5. The van der Waals surface area contributed by atoms with Gasteiger partial charge < -0.3 is 19.9 Å². The van der Waals surface area contributed by atoms with Gasteiger partial charge in [-0.15, -0.1) is 0 Å². The third-order valence-electron chi connectivity index (χ3n) is 7.12. The van der Waals surface area contributed by atoms with E-state index in [-0.39, 0.29) is 41.4 Å². The van der Waals surface area contributed by atoms with Gasteiger partial charge in [-0.1, -0.05) is 18.5 Å². The Kier molecular flexibility index (Phi) is 6.42. The van der Waals surface area contributed by atoms with E-state index >= 15 is 0 Å². The van der Waals surface area contributed by atoms with Crippen molar-refractivity contribution >= 4 is 29.2 Å². The molecule has 1 fully saturated rings. The van der Waals surface area contributed by atoms with Crippen molar-refractivity contribution < 1.29 is 37.3 Å². The molecule has 1 saturated carbocycles. The van der Waals surface area contributed by atoms with Crippen molar-refractivity contribution in [2.45, 2.75) is 52.3 Å². The predicted molar refractivity (Wildman–Crippen MR) is 123 cm³/mol. The van der Waals surface area contributed by atoms with Gasteiger partial charge in [-0.3, -0.25) is 4.79 Å². The highest BCUT2D eigenvalue weighted by Crippen LogP contribution is 2.58. The van der Waals surface area contributed by atoms with Crippen LogP contribution < -0.4 is 10.1 Å². The van der Waals surface area contributed by atoms with Crippen LogP contribution in [0.1, 0.15) is 58.8 Å². The second-order valence-electron chi connectivity index (χ2n) is 9.41. The number of nitrogens with one attached hydrogen (secondary N) is 1. The van der Waals surface area contributed by atoms with Crippen molar-refractivity contribution in [3.05, 3.63) is 51.0 Å². The minimum Gasteiger partial charge on any atom is -0.507 e. The van der Waals surface area contributed by atoms with Crippen LogP contribution >= 0.6 is 11.6 Å². The Hall–Kier alpha value is -2.94. The lowest BCUT2D eigenvalue weighted by Gasteiger charge is -2.18. The molecule has 0 unspecified atom stereocenters. The van der Waals surface area contributed by atoms with E-state index < -0.39 is 28.6 Å². The van der Waals surface area contributed by atoms with Crippen molar-refractivity contribution in [1.29, 1.82) is 0 Å². The molecule has 2 N–H and O–H groups in total. The Bertz CT molecular complexity index is 1210. The smallest absolute Gasteiger partial charge is 0.417 e. The predicted octanol–water partition coefficient (Wildman–Crippen LogP) is 6.04. The molecule has 35 heavy (non-hydrogen) atoms. The number of ether oxygens (including phenoxy) is 2. The zero-order valence-corrected chi connectivity index (χ0v) is 20.2. The van der Waals surface area contributed by atoms with E-state index in [1.54, 1.807) is 0 Å². The van der Waals surface area contributed by atoms with Gasteiger partial charge in [0.2, 0.25) is 5.91 Å². The number of halogens is 4. The molecule has 188 valence electrons. The largest absolute Gasteiger partial charge is 0.507 e. The summed E-state index contributed by atoms with van der Waals surface area (Å²) in [6.45, 7) is 3.94. The second-order valence-corrected chi connectivity index (χ2v) is 9.82. The zero-order chi connectivity index (χ0) is 25.7. The fraction of sp³-hybridized carbons (Fsp3) is 0.440. The molecular formula is C25H25ClF3NO5. The molecule has 1 aliphatic heterocycles. The number of hydrogen-bond donors (Lipinski definition) is 2. The molecule has 6 nitrogen and oxygen atoms in total. The van der Waals surface area contributed by atoms with Crippen LogP contribution in [0.3, 0.4) is 0 Å². The molecule has 2 aromatic rings. The minimum atomic E-state index is -4.62. The molecule has 2 aromatic carbocycles. The number of carbonyl (C=O) groups excluding carboxylic acids is 2. The third kappa shape index (κ3) is 4.78. The topological polar surface area (TPSA) is 84.9 Å². The number of carbonyl (C=O) groups is 2. The highest BCUT2D eigenvalue weighted by molar-refractivity contribution is 6.31. The number of cyclic esters (lactones) is 1. The first-order valence-corrected chi connectivity index (χ1v) is 11.5. The summed E-state index contributed by atoms with van der Waals surface area (Å²) >= 11 is 5.63. The van der Waals surface area contributed by atoms with Crippen LogP contribution in [-0.4, -0.2) is 24.1 Å². The number of aromatic hydroxyl groups is 1. The van der Waals surface area contributed by atoms with Crippen LogP contribution in [0.25, 0.3) is 0 Å². The summed E-state index contributed by atoms with van der Waals surface area (Å²) in [6, 6.07) is 3.25. The number of rotatable bonds is 7. The number of phenols is 1. The van der Waals surface area contributed by atoms with Gasteiger partial charge in [-0.2, -0.15) is 13.2 Å². The summed E-state index contributed by atoms with van der Waals surface area (Å²) in [5, 5.41) is 12.9. The molecule has 1 amide bonds. The van der Waals surface area contributed by atoms with E-state index in [1.807, 2.05) is 13.8 Å². The van der Waals surface area contributed by atoms with Gasteiger partial charge in [0.05, 0.1) is 17.7 Å². The zero-order valence-electron chi connectivity index (χ0n) is 19.4. The number of methoxy groups -OCH3 is 1. The standard InChI is InChI=1S/C25H25ClF3NO5/c1-12-16-11-35-23(33)20(16)21(32)15(22(12)34-3)8-13-10-24(13,2)7-6-19(31)30-14-4-5-18(26)17(9-14)25(27,28)29/h4-5,9,13,32H,6-8,10-11H2,1-3H3,(H,30,31)/t13-,24-/m0/s1. The van der Waals surface area contributed by atoms with Gasteiger partial charge in [-0.25, -0.2) is 4.79 Å². The Morgan fingerprint density at radius 3 is 2.74 bits per heavy atom. The minimum absolute atomic E-state index is 0.0272. The molecule has 0 saturated heterocycles. The molecule has 0 spiro atoms. The van der Waals surface area contributed by atoms with Crippen LogP contribution in [0, 0.1) is 18.3 Å². The number of esters is 1. The highest BCUT2D eigenvalue weighted by Gasteiger charge is 2.50. The SMILES string of the molecule is COc1c(C)c2c(c(O)c1C[C@H]1C[C@]1(C)CCC(=O)Nc1ccc(Cl)c(C(F)(F)F)c1)C(=O)OC2. The van der Waals surface area contributed by atoms with E-state index in [0.717, 1.165) is 24.1 Å². The lowest BCUT2D eigenvalue weighted by Crippen LogP contribution is -2.15. The maximum absolute atomic E-state index is 13.1. The molecule has 0 bridgehead atoms. The van der Waals surface area contributed by atoms with Gasteiger partial charge in [0, 0.05) is 23.2 Å². The van der Waals surface area contributed by atoms with E-state index in [2.05, 4.69) is 5.32 Å². The number of alkyl halides is 3. The molecule has 1 heterocycles. The number of amides is 1. The Balaban J connectivity index is 1.41. The van der Waals surface area contributed by atoms with Crippen molar-refractivity contribution in [2.75, 3.05) is 12.4 Å². The van der Waals surface area contributed by atoms with Crippen molar-refractivity contribution in [2.24, 2.45) is 11.3 Å². The Labute approximate surface area is 205 Å². The lowest BCUT2D eigenvalue weighted by atomic mass is 9.91. The van der Waals surface area contributed by atoms with Gasteiger partial charge >= 0.3 is 12.1 Å². The Morgan fingerprint density at radius 2 is 2.09 bits per heavy atom. The first kappa shape index (κ1) is 25.2. The number of hydrogen-bond acceptors (Lipinski definition) is 5. The number of phenolic OH excluding ortho intramolecular Hbond substituents is 1. The molecule has 0 radical (unpaired) electrons. The molecule has 2 aliphatic rings. The normalized spacial score (nSPS) is 20.9. The van der Waals surface area contributed by atoms with Crippen LogP contribution in [0.5, 0.6) is 11.5 Å². The number of benzene rings is 2. The first-order valence-electron chi connectivity index (χ1n) is 11.1. The first-order chi connectivity index (χ1) is 16.4. The maximum Gasteiger partial charge on any atom is 0.417 e. The fourth-order valence-corrected chi connectivity index (χ4v) is 5.07. The average molecular weight is 512 g/mol. The van der Waals surface area contributed by atoms with Crippen molar-refractivity contribution in [3.8, 4) is 11.5 Å². The summed E-state index contributed by atoms with van der Waals surface area (Å²) in [7, 11) is 1.51. The summed E-state index contributed by atoms with van der Waals surface area (Å²) in [4.78, 5) is 24.5. The van der Waals surface area contributed by atoms with Crippen LogP contribution in [0.4, 0.5) is 18.9 Å². The summed E-state index contributed by atoms with van der Waals surface area (Å²) in [5.41, 5.74) is 0.929. The van der Waals surface area contributed by atoms with Crippen LogP contribution in [-0.2, 0) is 28.7 Å². The molecule has 1 aliphatic carbocycles. The number of anilines is 1. The Morgan fingerprint density at radius 1 is 1.37 bits per heavy atom. The van der Waals surface area contributed by atoms with Crippen molar-refractivity contribution in [1.82, 2.24) is 0 Å². The van der Waals surface area contributed by atoms with Gasteiger partial charge in [0.1, 0.15) is 23.7 Å². The molecule has 0 aromatic heterocycles. The van der Waals surface area contributed by atoms with Crippen LogP contribution in [0.15, 0.2) is 18.2 Å². The lowest BCUT2D eigenvalue weighted by molar-refractivity contribution is -0.137. The molecular weight excluding hydrogens is 487 g/mol. The monoisotopic (exact) mass is 511 g/mol. The third-order valence-corrected chi connectivity index (χ3v) is 7.44. The molecule has 4 rings (SSSR count). The van der Waals surface area contributed by atoms with Crippen molar-refractivity contribution in [3.63, 3.8) is 0 Å². The molecule has 2 atom stereocenters. The van der Waals surface area contributed by atoms with Gasteiger partial charge in [0.15, 0.2) is 0 Å². The molecule has 10 heteroatoms. The fourth-order valence-electron chi connectivity index (χ4n) is 4.85. The van der Waals surface area contributed by atoms with E-state index in [4.69, 9.17) is 21.1 Å². The summed E-state index contributed by atoms with van der Waals surface area (Å²) in [5.74, 6) is -0.424. The maximum atomic E-state index is 13.1. The number of fused-ring (bicyclic) bond motifs is 1. The van der Waals surface area contributed by atoms with Gasteiger partial charge in [0.25, 0.3) is 0 Å². The quantitative estimate of drug-likeness (QED) is 0.443. The second kappa shape index (κ2) is 8.93. The van der Waals surface area contributed by atoms with Crippen LogP contribution in [0.2, 0.25) is 5.02 Å². The van der Waals surface area contributed by atoms with Gasteiger partial charge in [-0.05, 0) is 61.3 Å². The summed E-state index contributed by atoms with van der Waals surface area (Å²) < 4.78 is 49.8. The van der Waals surface area contributed by atoms with E-state index in [0.29, 0.717) is 29.7 Å². The summed E-state index contributed by atoms with van der Waals surface area (Å²) in [6.07, 6.45) is -2.73. The van der Waals surface area contributed by atoms with E-state index in [9.17, 15) is 27.9 Å². The average Bonchev–Trinajstić information content (AvgIpc) is 3.25. The van der Waals surface area contributed by atoms with E-state index in [1.165, 1.54) is 13.2 Å².